The van der Waals surface area contributed by atoms with E-state index >= 15 is 0 Å². The molecule has 0 unspecified atom stereocenters. The molecule has 2 aromatic rings. The van der Waals surface area contributed by atoms with Crippen LogP contribution in [0.2, 0.25) is 0 Å². The number of benzene rings is 1. The molecule has 1 heterocycles. The number of aliphatic hydroxyl groups excluding tert-OH is 1. The molecule has 3 nitrogen and oxygen atoms in total. The Balaban J connectivity index is 2.66. The third-order valence-electron chi connectivity index (χ3n) is 2.41. The van der Waals surface area contributed by atoms with Gasteiger partial charge >= 0.3 is 0 Å². The highest BCUT2D eigenvalue weighted by Gasteiger charge is 2.09. The number of hydrogen-bond donors (Lipinski definition) is 3. The van der Waals surface area contributed by atoms with Crippen LogP contribution in [0.3, 0.4) is 0 Å². The molecule has 0 bridgehead atoms. The molecule has 3 heteroatoms. The second-order valence-corrected chi connectivity index (χ2v) is 3.33. The van der Waals surface area contributed by atoms with Crippen LogP contribution in [0.15, 0.2) is 24.3 Å². The zero-order valence-electron chi connectivity index (χ0n) is 7.99. The first-order valence-corrected chi connectivity index (χ1v) is 4.69. The molecule has 2 rings (SSSR count). The van der Waals surface area contributed by atoms with E-state index in [2.05, 4.69) is 11.9 Å². The topological polar surface area (TPSA) is 56.2 Å². The van der Waals surface area contributed by atoms with E-state index in [1.165, 1.54) is 0 Å². The zero-order valence-corrected chi connectivity index (χ0v) is 7.99. The molecule has 0 aliphatic rings. The Kier molecular flexibility index (Phi) is 2.27. The number of nitrogens with one attached hydrogen (secondary N) is 1. The molecule has 0 aliphatic carbocycles. The zero-order chi connectivity index (χ0) is 10.1. The van der Waals surface area contributed by atoms with E-state index in [1.807, 2.05) is 18.2 Å². The van der Waals surface area contributed by atoms with Crippen LogP contribution < -0.4 is 0 Å². The van der Waals surface area contributed by atoms with Crippen molar-refractivity contribution < 1.29 is 10.2 Å². The maximum Gasteiger partial charge on any atom is 0.179 e. The van der Waals surface area contributed by atoms with E-state index in [0.29, 0.717) is 5.56 Å². The van der Waals surface area contributed by atoms with Gasteiger partial charge in [0.1, 0.15) is 0 Å². The van der Waals surface area contributed by atoms with Crippen LogP contribution in [0, 0.1) is 0 Å². The lowest BCUT2D eigenvalue weighted by molar-refractivity contribution is -0.0412. The van der Waals surface area contributed by atoms with E-state index in [1.54, 1.807) is 6.07 Å². The second kappa shape index (κ2) is 3.44. The summed E-state index contributed by atoms with van der Waals surface area (Å²) in [5.41, 5.74) is 2.61. The molecule has 0 saturated carbocycles. The molecule has 3 N–H and O–H groups in total. The van der Waals surface area contributed by atoms with Gasteiger partial charge in [-0.05, 0) is 18.6 Å². The molecular weight excluding hydrogens is 178 g/mol. The number of H-pyrrole nitrogens is 1. The van der Waals surface area contributed by atoms with Gasteiger partial charge in [-0.3, -0.25) is 0 Å². The molecule has 1 aromatic carbocycles. The number of rotatable bonds is 2. The van der Waals surface area contributed by atoms with Crippen molar-refractivity contribution in [1.82, 2.24) is 4.98 Å². The minimum Gasteiger partial charge on any atom is -0.364 e. The first-order valence-electron chi connectivity index (χ1n) is 4.69. The van der Waals surface area contributed by atoms with E-state index < -0.39 is 6.29 Å². The smallest absolute Gasteiger partial charge is 0.179 e. The summed E-state index contributed by atoms with van der Waals surface area (Å²) in [5, 5.41) is 19.2. The summed E-state index contributed by atoms with van der Waals surface area (Å²) in [6.07, 6.45) is -0.491. The predicted molar refractivity (Wildman–Crippen MR) is 54.9 cm³/mol. The highest BCUT2D eigenvalue weighted by Crippen LogP contribution is 2.23. The highest BCUT2D eigenvalue weighted by molar-refractivity contribution is 5.84. The highest BCUT2D eigenvalue weighted by atomic mass is 16.5. The van der Waals surface area contributed by atoms with E-state index in [0.717, 1.165) is 23.0 Å². The summed E-state index contributed by atoms with van der Waals surface area (Å²) < 4.78 is 0. The van der Waals surface area contributed by atoms with Gasteiger partial charge < -0.3 is 15.2 Å². The van der Waals surface area contributed by atoms with Crippen molar-refractivity contribution in [1.29, 1.82) is 0 Å². The fourth-order valence-electron chi connectivity index (χ4n) is 1.65. The summed E-state index contributed by atoms with van der Waals surface area (Å²) in [6, 6.07) is 7.43. The Morgan fingerprint density at radius 3 is 2.79 bits per heavy atom. The van der Waals surface area contributed by atoms with Crippen LogP contribution in [-0.2, 0) is 6.42 Å². The number of aliphatic hydroxyl groups is 2. The minimum absolute atomic E-state index is 0.554. The first kappa shape index (κ1) is 9.24. The summed E-state index contributed by atoms with van der Waals surface area (Å²) in [7, 11) is 0. The lowest BCUT2D eigenvalue weighted by Gasteiger charge is -2.04. The Hall–Kier alpha value is -1.32. The Morgan fingerprint density at radius 2 is 2.14 bits per heavy atom. The monoisotopic (exact) mass is 191 g/mol. The van der Waals surface area contributed by atoms with Gasteiger partial charge in [0.15, 0.2) is 6.29 Å². The predicted octanol–water partition coefficient (Wildman–Crippen LogP) is 1.71. The SMILES string of the molecule is CCc1cc2c(C(O)O)cccc2[nH]1. The van der Waals surface area contributed by atoms with Crippen LogP contribution in [0.4, 0.5) is 0 Å². The maximum absolute atomic E-state index is 9.15. The van der Waals surface area contributed by atoms with Crippen LogP contribution in [0.1, 0.15) is 24.5 Å². The van der Waals surface area contributed by atoms with Gasteiger partial charge in [-0.2, -0.15) is 0 Å². The number of hydrogen-bond acceptors (Lipinski definition) is 2. The molecule has 0 amide bonds. The van der Waals surface area contributed by atoms with Crippen molar-refractivity contribution in [3.8, 4) is 0 Å². The summed E-state index contributed by atoms with van der Waals surface area (Å²) in [4.78, 5) is 3.22. The molecule has 14 heavy (non-hydrogen) atoms. The average molecular weight is 191 g/mol. The van der Waals surface area contributed by atoms with Crippen molar-refractivity contribution >= 4 is 10.9 Å². The molecule has 0 saturated heterocycles. The van der Waals surface area contributed by atoms with Gasteiger partial charge in [-0.1, -0.05) is 19.1 Å². The van der Waals surface area contributed by atoms with Gasteiger partial charge in [0.05, 0.1) is 0 Å². The fraction of sp³-hybridized carbons (Fsp3) is 0.273. The van der Waals surface area contributed by atoms with E-state index in [9.17, 15) is 0 Å². The van der Waals surface area contributed by atoms with Gasteiger partial charge in [0.2, 0.25) is 0 Å². The molecule has 0 spiro atoms. The lowest BCUT2D eigenvalue weighted by Crippen LogP contribution is -1.94. The molecule has 74 valence electrons. The van der Waals surface area contributed by atoms with Crippen LogP contribution in [0.25, 0.3) is 10.9 Å². The van der Waals surface area contributed by atoms with Crippen LogP contribution in [-0.4, -0.2) is 15.2 Å². The number of fused-ring (bicyclic) bond motifs is 1. The quantitative estimate of drug-likeness (QED) is 0.633. The molecule has 0 fully saturated rings. The van der Waals surface area contributed by atoms with Crippen molar-refractivity contribution in [3.63, 3.8) is 0 Å². The molecular formula is C11H13NO2. The minimum atomic E-state index is -1.40. The van der Waals surface area contributed by atoms with Gasteiger partial charge in [-0.15, -0.1) is 0 Å². The maximum atomic E-state index is 9.15. The van der Waals surface area contributed by atoms with E-state index in [-0.39, 0.29) is 0 Å². The average Bonchev–Trinajstić information content (AvgIpc) is 2.59. The van der Waals surface area contributed by atoms with Gasteiger partial charge in [0.25, 0.3) is 0 Å². The Bertz CT molecular complexity index is 445. The summed E-state index contributed by atoms with van der Waals surface area (Å²) in [5.74, 6) is 0. The van der Waals surface area contributed by atoms with Crippen molar-refractivity contribution in [2.45, 2.75) is 19.6 Å². The molecule has 0 aliphatic heterocycles. The first-order chi connectivity index (χ1) is 6.72. The lowest BCUT2D eigenvalue weighted by atomic mass is 10.1. The van der Waals surface area contributed by atoms with Crippen molar-refractivity contribution in [3.05, 3.63) is 35.5 Å². The van der Waals surface area contributed by atoms with Gasteiger partial charge in [-0.25, -0.2) is 0 Å². The second-order valence-electron chi connectivity index (χ2n) is 3.33. The van der Waals surface area contributed by atoms with Crippen LogP contribution >= 0.6 is 0 Å². The fourth-order valence-corrected chi connectivity index (χ4v) is 1.65. The standard InChI is InChI=1S/C11H13NO2/c1-2-7-6-9-8(11(13)14)4-3-5-10(9)12-7/h3-6,11-14H,2H2,1H3. The third kappa shape index (κ3) is 1.41. The van der Waals surface area contributed by atoms with Crippen molar-refractivity contribution in [2.75, 3.05) is 0 Å². The normalized spacial score (nSPS) is 11.4. The number of aromatic amines is 1. The van der Waals surface area contributed by atoms with Gasteiger partial charge in [0, 0.05) is 22.2 Å². The molecule has 0 atom stereocenters. The molecule has 1 aromatic heterocycles. The van der Waals surface area contributed by atoms with Crippen LogP contribution in [0.5, 0.6) is 0 Å². The summed E-state index contributed by atoms with van der Waals surface area (Å²) >= 11 is 0. The third-order valence-corrected chi connectivity index (χ3v) is 2.41. The Labute approximate surface area is 82.0 Å². The largest absolute Gasteiger partial charge is 0.364 e. The molecule has 0 radical (unpaired) electrons. The Morgan fingerprint density at radius 1 is 1.36 bits per heavy atom. The number of aryl methyl sites for hydroxylation is 1. The summed E-state index contributed by atoms with van der Waals surface area (Å²) in [6.45, 7) is 2.06. The van der Waals surface area contributed by atoms with Crippen molar-refractivity contribution in [2.24, 2.45) is 0 Å². The van der Waals surface area contributed by atoms with E-state index in [4.69, 9.17) is 10.2 Å². The number of aromatic nitrogens is 1.